The predicted molar refractivity (Wildman–Crippen MR) is 167 cm³/mol. The molecule has 3 aromatic rings. The van der Waals surface area contributed by atoms with Gasteiger partial charge in [0.15, 0.2) is 9.84 Å². The number of nitrogens with zero attached hydrogens (tertiary/aromatic N) is 1. The molecule has 0 aliphatic carbocycles. The van der Waals surface area contributed by atoms with Gasteiger partial charge in [-0.15, -0.1) is 0 Å². The van der Waals surface area contributed by atoms with E-state index in [1.54, 1.807) is 39.8 Å². The first-order valence-corrected chi connectivity index (χ1v) is 16.0. The van der Waals surface area contributed by atoms with Gasteiger partial charge in [-0.05, 0) is 70.5 Å². The number of esters is 2. The number of rotatable bonds is 8. The van der Waals surface area contributed by atoms with Crippen molar-refractivity contribution in [1.29, 1.82) is 0 Å². The lowest BCUT2D eigenvalue weighted by atomic mass is 10.0. The van der Waals surface area contributed by atoms with E-state index in [2.05, 4.69) is 15.4 Å². The van der Waals surface area contributed by atoms with E-state index in [0.29, 0.717) is 0 Å². The molecule has 3 unspecified atom stereocenters. The minimum Gasteiger partial charge on any atom is -0.465 e. The first-order chi connectivity index (χ1) is 21.6. The zero-order valence-electron chi connectivity index (χ0n) is 26.1. The molecular weight excluding hydrogens is 617 g/mol. The Kier molecular flexibility index (Phi) is 10.1. The second-order valence-corrected chi connectivity index (χ2v) is 14.0. The van der Waals surface area contributed by atoms with Crippen molar-refractivity contribution in [3.63, 3.8) is 0 Å². The summed E-state index contributed by atoms with van der Waals surface area (Å²) in [5.74, 6) is -3.09. The summed E-state index contributed by atoms with van der Waals surface area (Å²) in [5.41, 5.74) is 0.147. The highest BCUT2D eigenvalue weighted by Gasteiger charge is 2.54. The summed E-state index contributed by atoms with van der Waals surface area (Å²) in [5, 5.41) is 3.48. The summed E-state index contributed by atoms with van der Waals surface area (Å²) < 4.78 is 53.9. The number of hydrogen-bond acceptors (Lipinski definition) is 8. The molecule has 3 aromatic carbocycles. The number of hydrogen-bond donors (Lipinski definition) is 2. The molecule has 0 bridgehead atoms. The van der Waals surface area contributed by atoms with Crippen LogP contribution in [0.25, 0.3) is 0 Å². The standard InChI is InChI=1S/C33H36FN3O8S/c1-20-13-15-23(16-14-20)46(42,43)27-18-26(31(40)45-33(2,3)4)37(29(27)24-11-6-7-12-25(24)34)28(38)19-35-32(41)36-22-10-8-9-21(17-22)30(39)44-5/h6-17,26-27,29H,18-19H2,1-5H3,(H2,35,36,41). The van der Waals surface area contributed by atoms with Gasteiger partial charge in [-0.3, -0.25) is 4.79 Å². The Morgan fingerprint density at radius 2 is 1.65 bits per heavy atom. The van der Waals surface area contributed by atoms with Crippen LogP contribution in [0.2, 0.25) is 0 Å². The van der Waals surface area contributed by atoms with E-state index in [0.717, 1.165) is 16.5 Å². The monoisotopic (exact) mass is 653 g/mol. The number of urea groups is 1. The molecule has 244 valence electrons. The third kappa shape index (κ3) is 7.71. The zero-order valence-corrected chi connectivity index (χ0v) is 26.9. The van der Waals surface area contributed by atoms with E-state index in [9.17, 15) is 27.6 Å². The van der Waals surface area contributed by atoms with Gasteiger partial charge in [0.2, 0.25) is 5.91 Å². The number of amides is 3. The average molecular weight is 654 g/mol. The van der Waals surface area contributed by atoms with Crippen LogP contribution >= 0.6 is 0 Å². The zero-order chi connectivity index (χ0) is 33.8. The predicted octanol–water partition coefficient (Wildman–Crippen LogP) is 4.57. The number of ether oxygens (including phenoxy) is 2. The van der Waals surface area contributed by atoms with Crippen molar-refractivity contribution in [2.75, 3.05) is 19.0 Å². The number of aryl methyl sites for hydroxylation is 1. The number of carbonyl (C=O) groups excluding carboxylic acids is 4. The van der Waals surface area contributed by atoms with Crippen molar-refractivity contribution >= 4 is 39.4 Å². The lowest BCUT2D eigenvalue weighted by Gasteiger charge is -2.32. The number of carbonyl (C=O) groups is 4. The highest BCUT2D eigenvalue weighted by molar-refractivity contribution is 7.92. The quantitative estimate of drug-likeness (QED) is 0.336. The molecule has 3 atom stereocenters. The first-order valence-electron chi connectivity index (χ1n) is 14.4. The van der Waals surface area contributed by atoms with Gasteiger partial charge in [-0.25, -0.2) is 27.2 Å². The van der Waals surface area contributed by atoms with E-state index in [4.69, 9.17) is 4.74 Å². The number of nitrogens with one attached hydrogen (secondary N) is 2. The molecule has 2 N–H and O–H groups in total. The van der Waals surface area contributed by atoms with Crippen LogP contribution in [-0.2, 0) is 28.9 Å². The Balaban J connectivity index is 1.70. The van der Waals surface area contributed by atoms with Crippen LogP contribution in [0, 0.1) is 12.7 Å². The Hall–Kier alpha value is -4.78. The highest BCUT2D eigenvalue weighted by Crippen LogP contribution is 2.44. The molecule has 11 nitrogen and oxygen atoms in total. The maximum atomic E-state index is 15.4. The maximum Gasteiger partial charge on any atom is 0.337 e. The Morgan fingerprint density at radius 3 is 2.28 bits per heavy atom. The van der Waals surface area contributed by atoms with Gasteiger partial charge in [0.1, 0.15) is 17.5 Å². The first kappa shape index (κ1) is 34.1. The fourth-order valence-electron chi connectivity index (χ4n) is 5.27. The van der Waals surface area contributed by atoms with E-state index in [1.807, 2.05) is 0 Å². The van der Waals surface area contributed by atoms with Gasteiger partial charge in [0.25, 0.3) is 0 Å². The molecule has 0 saturated carbocycles. The van der Waals surface area contributed by atoms with Crippen LogP contribution in [0.4, 0.5) is 14.9 Å². The molecule has 13 heteroatoms. The molecule has 0 spiro atoms. The van der Waals surface area contributed by atoms with Crippen molar-refractivity contribution in [2.45, 2.75) is 61.9 Å². The topological polar surface area (TPSA) is 148 Å². The highest BCUT2D eigenvalue weighted by atomic mass is 32.2. The van der Waals surface area contributed by atoms with E-state index in [-0.39, 0.29) is 28.1 Å². The van der Waals surface area contributed by atoms with Crippen molar-refractivity contribution in [2.24, 2.45) is 0 Å². The van der Waals surface area contributed by atoms with E-state index in [1.165, 1.54) is 61.7 Å². The molecule has 1 aliphatic rings. The fourth-order valence-corrected chi connectivity index (χ4v) is 7.19. The Morgan fingerprint density at radius 1 is 0.978 bits per heavy atom. The third-order valence-corrected chi connectivity index (χ3v) is 9.50. The van der Waals surface area contributed by atoms with Crippen LogP contribution in [0.5, 0.6) is 0 Å². The van der Waals surface area contributed by atoms with Crippen molar-refractivity contribution in [3.8, 4) is 0 Å². The largest absolute Gasteiger partial charge is 0.465 e. The van der Waals surface area contributed by atoms with Gasteiger partial charge in [-0.1, -0.05) is 42.0 Å². The lowest BCUT2D eigenvalue weighted by Crippen LogP contribution is -2.49. The minimum atomic E-state index is -4.24. The molecule has 1 aliphatic heterocycles. The van der Waals surface area contributed by atoms with Crippen LogP contribution in [0.1, 0.15) is 54.7 Å². The number of halogens is 1. The molecule has 4 rings (SSSR count). The summed E-state index contributed by atoms with van der Waals surface area (Å²) in [4.78, 5) is 53.0. The van der Waals surface area contributed by atoms with Gasteiger partial charge in [0.05, 0.1) is 35.4 Å². The SMILES string of the molecule is COC(=O)c1cccc(NC(=O)NCC(=O)N2C(C(=O)OC(C)(C)C)CC(S(=O)(=O)c3ccc(C)cc3)C2c2ccccc2F)c1. The van der Waals surface area contributed by atoms with Crippen molar-refractivity contribution in [1.82, 2.24) is 10.2 Å². The molecule has 0 radical (unpaired) electrons. The number of benzene rings is 3. The number of sulfone groups is 1. The lowest BCUT2D eigenvalue weighted by molar-refractivity contribution is -0.164. The number of anilines is 1. The minimum absolute atomic E-state index is 0.0478. The van der Waals surface area contributed by atoms with Crippen LogP contribution in [0.3, 0.4) is 0 Å². The van der Waals surface area contributed by atoms with Gasteiger partial charge < -0.3 is 25.0 Å². The summed E-state index contributed by atoms with van der Waals surface area (Å²) in [7, 11) is -3.02. The molecule has 1 saturated heterocycles. The molecule has 0 aromatic heterocycles. The summed E-state index contributed by atoms with van der Waals surface area (Å²) in [6, 6.07) is 13.8. The maximum absolute atomic E-state index is 15.4. The van der Waals surface area contributed by atoms with E-state index < -0.39 is 69.0 Å². The summed E-state index contributed by atoms with van der Waals surface area (Å²) in [6.07, 6.45) is -0.373. The molecule has 3 amide bonds. The second-order valence-electron chi connectivity index (χ2n) is 11.8. The third-order valence-electron chi connectivity index (χ3n) is 7.32. The van der Waals surface area contributed by atoms with Crippen molar-refractivity contribution in [3.05, 3.63) is 95.3 Å². The van der Waals surface area contributed by atoms with Crippen LogP contribution in [0.15, 0.2) is 77.7 Å². The molecule has 1 fully saturated rings. The Labute approximate surface area is 267 Å². The van der Waals surface area contributed by atoms with Crippen molar-refractivity contribution < 1.29 is 41.5 Å². The molecular formula is C33H36FN3O8S. The average Bonchev–Trinajstić information content (AvgIpc) is 3.41. The van der Waals surface area contributed by atoms with Crippen LogP contribution < -0.4 is 10.6 Å². The van der Waals surface area contributed by atoms with Crippen LogP contribution in [-0.4, -0.2) is 67.7 Å². The normalized spacial score (nSPS) is 18.0. The number of likely N-dealkylation sites (tertiary alicyclic amines) is 1. The summed E-state index contributed by atoms with van der Waals surface area (Å²) in [6.45, 7) is 6.00. The Bertz CT molecular complexity index is 1740. The number of methoxy groups -OCH3 is 1. The smallest absolute Gasteiger partial charge is 0.337 e. The molecule has 1 heterocycles. The van der Waals surface area contributed by atoms with Gasteiger partial charge >= 0.3 is 18.0 Å². The van der Waals surface area contributed by atoms with Gasteiger partial charge in [0, 0.05) is 11.3 Å². The van der Waals surface area contributed by atoms with Gasteiger partial charge in [-0.2, -0.15) is 0 Å². The molecule has 46 heavy (non-hydrogen) atoms. The van der Waals surface area contributed by atoms with E-state index >= 15 is 4.39 Å². The summed E-state index contributed by atoms with van der Waals surface area (Å²) >= 11 is 0. The fraction of sp³-hybridized carbons (Fsp3) is 0.333. The second kappa shape index (κ2) is 13.7.